The van der Waals surface area contributed by atoms with Crippen LogP contribution in [0.15, 0.2) is 65.3 Å². The predicted molar refractivity (Wildman–Crippen MR) is 104 cm³/mol. The third-order valence-electron chi connectivity index (χ3n) is 4.77. The Balaban J connectivity index is 1.44. The van der Waals surface area contributed by atoms with Crippen molar-refractivity contribution in [3.05, 3.63) is 65.9 Å². The third-order valence-corrected chi connectivity index (χ3v) is 4.77. The molecule has 6 heteroatoms. The van der Waals surface area contributed by atoms with E-state index in [1.807, 2.05) is 42.6 Å². The second kappa shape index (κ2) is 7.07. The van der Waals surface area contributed by atoms with Gasteiger partial charge in [-0.25, -0.2) is 4.99 Å². The zero-order valence-electron chi connectivity index (χ0n) is 14.9. The van der Waals surface area contributed by atoms with Gasteiger partial charge in [0, 0.05) is 35.3 Å². The average Bonchev–Trinajstić information content (AvgIpc) is 3.09. The molecule has 2 amide bonds. The van der Waals surface area contributed by atoms with Gasteiger partial charge in [-0.3, -0.25) is 9.59 Å². The van der Waals surface area contributed by atoms with Crippen LogP contribution in [0.3, 0.4) is 0 Å². The first-order chi connectivity index (χ1) is 13.2. The number of hydrogen-bond donors (Lipinski definition) is 2. The molecular weight excluding hydrogens is 342 g/mol. The van der Waals surface area contributed by atoms with Crippen LogP contribution in [0.4, 0.5) is 0 Å². The Hall–Kier alpha value is -3.41. The minimum Gasteiger partial charge on any atom is -0.497 e. The smallest absolute Gasteiger partial charge is 0.270 e. The van der Waals surface area contributed by atoms with Gasteiger partial charge in [-0.05, 0) is 36.3 Å². The number of aliphatic imine (C=N–C) groups is 1. The van der Waals surface area contributed by atoms with Crippen LogP contribution in [0.1, 0.15) is 5.56 Å². The van der Waals surface area contributed by atoms with E-state index in [4.69, 9.17) is 4.74 Å². The zero-order chi connectivity index (χ0) is 18.8. The van der Waals surface area contributed by atoms with E-state index >= 15 is 0 Å². The number of carbonyl (C=O) groups is 2. The molecule has 0 bridgehead atoms. The fraction of sp³-hybridized carbons (Fsp3) is 0.190. The summed E-state index contributed by atoms with van der Waals surface area (Å²) in [7, 11) is 1.64. The summed E-state index contributed by atoms with van der Waals surface area (Å²) in [6.45, 7) is 0.466. The number of benzene rings is 1. The summed E-state index contributed by atoms with van der Waals surface area (Å²) in [5.74, 6) is -0.0968. The summed E-state index contributed by atoms with van der Waals surface area (Å²) in [5.41, 5.74) is 3.17. The molecule has 0 fully saturated rings. The molecule has 136 valence electrons. The molecule has 1 aliphatic carbocycles. The van der Waals surface area contributed by atoms with Crippen molar-refractivity contribution in [2.24, 2.45) is 10.9 Å². The monoisotopic (exact) mass is 361 g/mol. The van der Waals surface area contributed by atoms with Crippen LogP contribution in [0.2, 0.25) is 0 Å². The van der Waals surface area contributed by atoms with E-state index in [2.05, 4.69) is 15.3 Å². The number of fused-ring (bicyclic) bond motifs is 2. The number of rotatable bonds is 5. The second-order valence-electron chi connectivity index (χ2n) is 6.43. The molecule has 1 atom stereocenters. The van der Waals surface area contributed by atoms with E-state index in [1.165, 1.54) is 6.08 Å². The number of allylic oxidation sites excluding steroid dienone is 4. The Labute approximate surface area is 156 Å². The van der Waals surface area contributed by atoms with Crippen molar-refractivity contribution in [1.29, 1.82) is 0 Å². The highest BCUT2D eigenvalue weighted by molar-refractivity contribution is 6.18. The molecule has 2 aromatic rings. The molecule has 1 aliphatic heterocycles. The Bertz CT molecular complexity index is 1040. The van der Waals surface area contributed by atoms with Crippen LogP contribution in [0.25, 0.3) is 10.9 Å². The maximum atomic E-state index is 12.6. The lowest BCUT2D eigenvalue weighted by atomic mass is 9.87. The lowest BCUT2D eigenvalue weighted by molar-refractivity contribution is -0.119. The number of H-pyrrole nitrogens is 1. The molecule has 0 spiro atoms. The van der Waals surface area contributed by atoms with Gasteiger partial charge in [0.2, 0.25) is 5.91 Å². The summed E-state index contributed by atoms with van der Waals surface area (Å²) in [4.78, 5) is 31.6. The van der Waals surface area contributed by atoms with Gasteiger partial charge in [0.1, 0.15) is 5.75 Å². The van der Waals surface area contributed by atoms with Crippen molar-refractivity contribution < 1.29 is 14.3 Å². The molecule has 4 rings (SSSR count). The van der Waals surface area contributed by atoms with E-state index < -0.39 is 5.91 Å². The van der Waals surface area contributed by atoms with Gasteiger partial charge < -0.3 is 15.0 Å². The van der Waals surface area contributed by atoms with Crippen molar-refractivity contribution in [2.75, 3.05) is 13.7 Å². The quantitative estimate of drug-likeness (QED) is 0.858. The number of dihydropyridines is 1. The highest BCUT2D eigenvalue weighted by Crippen LogP contribution is 2.25. The minimum absolute atomic E-state index is 0.238. The lowest BCUT2D eigenvalue weighted by Gasteiger charge is -2.21. The number of carbonyl (C=O) groups excluding carboxylic acids is 2. The summed E-state index contributed by atoms with van der Waals surface area (Å²) in [5, 5.41) is 3.99. The summed E-state index contributed by atoms with van der Waals surface area (Å²) < 4.78 is 5.28. The number of nitrogens with zero attached hydrogens (tertiary/aromatic N) is 1. The molecule has 2 N–H and O–H groups in total. The third kappa shape index (κ3) is 3.33. The molecule has 27 heavy (non-hydrogen) atoms. The van der Waals surface area contributed by atoms with Crippen molar-refractivity contribution in [3.8, 4) is 5.75 Å². The van der Waals surface area contributed by atoms with Gasteiger partial charge in [0.25, 0.3) is 5.91 Å². The summed E-state index contributed by atoms with van der Waals surface area (Å²) in [6, 6.07) is 5.86. The van der Waals surface area contributed by atoms with Gasteiger partial charge in [0.05, 0.1) is 18.7 Å². The number of nitrogens with one attached hydrogen (secondary N) is 2. The Kier molecular flexibility index (Phi) is 4.46. The first-order valence-electron chi connectivity index (χ1n) is 8.77. The molecule has 0 saturated carbocycles. The SMILES string of the molecule is COc1ccc2[nH]cc(CCNC(=O)C3=CC(=O)N=C4C=CC=CC34)c2c1. The molecule has 2 heterocycles. The first-order valence-corrected chi connectivity index (χ1v) is 8.77. The van der Waals surface area contributed by atoms with Gasteiger partial charge in [-0.15, -0.1) is 0 Å². The van der Waals surface area contributed by atoms with E-state index in [-0.39, 0.29) is 11.8 Å². The van der Waals surface area contributed by atoms with Crippen molar-refractivity contribution in [2.45, 2.75) is 6.42 Å². The van der Waals surface area contributed by atoms with E-state index in [1.54, 1.807) is 13.2 Å². The molecule has 2 aliphatic rings. The average molecular weight is 361 g/mol. The lowest BCUT2D eigenvalue weighted by Crippen LogP contribution is -2.34. The van der Waals surface area contributed by atoms with E-state index in [0.29, 0.717) is 24.3 Å². The van der Waals surface area contributed by atoms with Crippen LogP contribution in [-0.4, -0.2) is 36.2 Å². The number of methoxy groups -OCH3 is 1. The molecular formula is C21H19N3O3. The van der Waals surface area contributed by atoms with E-state index in [0.717, 1.165) is 22.2 Å². The largest absolute Gasteiger partial charge is 0.497 e. The number of aromatic nitrogens is 1. The highest BCUT2D eigenvalue weighted by Gasteiger charge is 2.28. The second-order valence-corrected chi connectivity index (χ2v) is 6.43. The van der Waals surface area contributed by atoms with Crippen molar-refractivity contribution in [3.63, 3.8) is 0 Å². The Morgan fingerprint density at radius 1 is 1.33 bits per heavy atom. The normalized spacial score (nSPS) is 18.1. The van der Waals surface area contributed by atoms with Crippen LogP contribution in [0, 0.1) is 5.92 Å². The fourth-order valence-corrected chi connectivity index (χ4v) is 3.39. The molecule has 0 saturated heterocycles. The summed E-state index contributed by atoms with van der Waals surface area (Å²) >= 11 is 0. The molecule has 1 aromatic heterocycles. The fourth-order valence-electron chi connectivity index (χ4n) is 3.39. The maximum absolute atomic E-state index is 12.6. The van der Waals surface area contributed by atoms with Crippen molar-refractivity contribution >= 4 is 28.4 Å². The minimum atomic E-state index is -0.393. The number of ether oxygens (including phenoxy) is 1. The number of amides is 2. The Morgan fingerprint density at radius 2 is 2.22 bits per heavy atom. The van der Waals surface area contributed by atoms with Gasteiger partial charge in [-0.1, -0.05) is 18.2 Å². The maximum Gasteiger partial charge on any atom is 0.270 e. The van der Waals surface area contributed by atoms with E-state index in [9.17, 15) is 9.59 Å². The van der Waals surface area contributed by atoms with Crippen molar-refractivity contribution in [1.82, 2.24) is 10.3 Å². The van der Waals surface area contributed by atoms with Gasteiger partial charge in [0.15, 0.2) is 0 Å². The first kappa shape index (κ1) is 17.0. The van der Waals surface area contributed by atoms with Crippen LogP contribution in [-0.2, 0) is 16.0 Å². The van der Waals surface area contributed by atoms with Crippen LogP contribution < -0.4 is 10.1 Å². The molecule has 1 unspecified atom stereocenters. The topological polar surface area (TPSA) is 83.5 Å². The van der Waals surface area contributed by atoms with Gasteiger partial charge >= 0.3 is 0 Å². The predicted octanol–water partition coefficient (Wildman–Crippen LogP) is 2.49. The molecule has 0 radical (unpaired) electrons. The van der Waals surface area contributed by atoms with Gasteiger partial charge in [-0.2, -0.15) is 0 Å². The number of aromatic amines is 1. The summed E-state index contributed by atoms with van der Waals surface area (Å²) in [6.07, 6.45) is 11.3. The van der Waals surface area contributed by atoms with Crippen LogP contribution in [0.5, 0.6) is 5.75 Å². The Morgan fingerprint density at radius 3 is 3.07 bits per heavy atom. The molecule has 6 nitrogen and oxygen atoms in total. The standard InChI is InChI=1S/C21H19N3O3/c1-27-14-6-7-18-16(10-14)13(12-23-18)8-9-22-21(26)17-11-20(25)24-19-5-3-2-4-15(17)19/h2-7,10-12,15,23H,8-9H2,1H3,(H,22,26). The van der Waals surface area contributed by atoms with Crippen LogP contribution >= 0.6 is 0 Å². The highest BCUT2D eigenvalue weighted by atomic mass is 16.5. The zero-order valence-corrected chi connectivity index (χ0v) is 14.9. The molecule has 1 aromatic carbocycles. The number of hydrogen-bond acceptors (Lipinski definition) is 3.